The van der Waals surface area contributed by atoms with Crippen LogP contribution in [0.15, 0.2) is 0 Å². The van der Waals surface area contributed by atoms with Crippen molar-refractivity contribution in [2.24, 2.45) is 17.8 Å². The van der Waals surface area contributed by atoms with E-state index in [9.17, 15) is 19.2 Å². The molecule has 0 aromatic carbocycles. The third kappa shape index (κ3) is 7.22. The molecule has 3 saturated heterocycles. The van der Waals surface area contributed by atoms with E-state index in [0.717, 1.165) is 6.92 Å². The van der Waals surface area contributed by atoms with Crippen molar-refractivity contribution < 1.29 is 52.0 Å². The summed E-state index contributed by atoms with van der Waals surface area (Å²) < 4.78 is 52.8. The number of alkyl carbamates (subject to hydrolysis) is 1. The second kappa shape index (κ2) is 13.9. The van der Waals surface area contributed by atoms with Crippen molar-refractivity contribution in [2.45, 2.75) is 134 Å². The van der Waals surface area contributed by atoms with Gasteiger partial charge in [-0.15, -0.1) is 0 Å². The van der Waals surface area contributed by atoms with Gasteiger partial charge in [-0.2, -0.15) is 0 Å². The van der Waals surface area contributed by atoms with Gasteiger partial charge in [0, 0.05) is 38.5 Å². The zero-order valence-electron chi connectivity index (χ0n) is 28.8. The van der Waals surface area contributed by atoms with Crippen LogP contribution in [0.4, 0.5) is 9.18 Å². The van der Waals surface area contributed by atoms with Crippen molar-refractivity contribution in [1.29, 1.82) is 0 Å². The predicted octanol–water partition coefficient (Wildman–Crippen LogP) is 3.22. The van der Waals surface area contributed by atoms with Crippen LogP contribution in [-0.2, 0) is 42.8 Å². The van der Waals surface area contributed by atoms with E-state index in [-0.39, 0.29) is 18.6 Å². The Morgan fingerprint density at radius 3 is 2.18 bits per heavy atom. The molecule has 12 nitrogen and oxygen atoms in total. The molecule has 0 aromatic heterocycles. The Balaban J connectivity index is 2.15. The normalized spacial score (nSPS) is 45.4. The van der Waals surface area contributed by atoms with Gasteiger partial charge in [0.25, 0.3) is 0 Å². The lowest BCUT2D eigenvalue weighted by atomic mass is 9.72. The number of rotatable bonds is 6. The number of fused-ring (bicyclic) bond motifs is 1. The van der Waals surface area contributed by atoms with Crippen LogP contribution in [0.5, 0.6) is 0 Å². The van der Waals surface area contributed by atoms with E-state index >= 15 is 4.39 Å². The van der Waals surface area contributed by atoms with Crippen LogP contribution < -0.4 is 5.32 Å². The molecule has 1 amide bonds. The van der Waals surface area contributed by atoms with Crippen molar-refractivity contribution in [1.82, 2.24) is 10.2 Å². The van der Waals surface area contributed by atoms with Crippen molar-refractivity contribution in [3.05, 3.63) is 0 Å². The number of cyclic esters (lactones) is 1. The second-order valence-electron chi connectivity index (χ2n) is 13.8. The standard InChI is InChI=1S/C32H53FN2O10/c1-13-21-32(8)24(34-29(39)45-32)19(5)25(37)30(6,33)15-31(7,41-12)26(17(3)22(36)18(4)27(38)43-21)44-28-23(40-11)20(35(9)10)14-16(2)42-28/h16-21,23-24,26,28H,13-15H2,1-12H3,(H,34,39)/t16-,17+,18-,19+,20+,21-,23-,24-,26-,28+,30+,31-,32-/m1/s1. The molecule has 13 heteroatoms. The summed E-state index contributed by atoms with van der Waals surface area (Å²) in [7, 11) is 6.72. The lowest BCUT2D eigenvalue weighted by Crippen LogP contribution is -2.62. The summed E-state index contributed by atoms with van der Waals surface area (Å²) in [4.78, 5) is 56.0. The molecule has 3 fully saturated rings. The third-order valence-electron chi connectivity index (χ3n) is 10.1. The minimum absolute atomic E-state index is 0.103. The van der Waals surface area contributed by atoms with Crippen LogP contribution >= 0.6 is 0 Å². The number of methoxy groups -OCH3 is 2. The largest absolute Gasteiger partial charge is 0.458 e. The number of likely N-dealkylation sites (N-methyl/N-ethyl adjacent to an activating group) is 1. The number of carbonyl (C=O) groups is 4. The fraction of sp³-hybridized carbons (Fsp3) is 0.875. The van der Waals surface area contributed by atoms with Crippen molar-refractivity contribution >= 4 is 23.6 Å². The Kier molecular flexibility index (Phi) is 11.5. The van der Waals surface area contributed by atoms with Gasteiger partial charge < -0.3 is 38.6 Å². The maximum Gasteiger partial charge on any atom is 0.408 e. The quantitative estimate of drug-likeness (QED) is 0.337. The Hall–Kier alpha value is -2.19. The van der Waals surface area contributed by atoms with Crippen molar-refractivity contribution in [3.63, 3.8) is 0 Å². The highest BCUT2D eigenvalue weighted by Crippen LogP contribution is 2.42. The molecule has 0 saturated carbocycles. The first-order chi connectivity index (χ1) is 20.8. The van der Waals surface area contributed by atoms with Crippen LogP contribution in [0.25, 0.3) is 0 Å². The number of amides is 1. The van der Waals surface area contributed by atoms with E-state index in [2.05, 4.69) is 5.32 Å². The van der Waals surface area contributed by atoms with Crippen molar-refractivity contribution in [3.8, 4) is 0 Å². The number of hydrogen-bond donors (Lipinski definition) is 1. The smallest absolute Gasteiger partial charge is 0.408 e. The number of nitrogens with one attached hydrogen (secondary N) is 1. The first-order valence-electron chi connectivity index (χ1n) is 15.8. The zero-order chi connectivity index (χ0) is 34.2. The molecule has 0 spiro atoms. The summed E-state index contributed by atoms with van der Waals surface area (Å²) in [6, 6.07) is -1.13. The van der Waals surface area contributed by atoms with Gasteiger partial charge >= 0.3 is 12.1 Å². The van der Waals surface area contributed by atoms with Crippen LogP contribution in [0.2, 0.25) is 0 Å². The summed E-state index contributed by atoms with van der Waals surface area (Å²) in [5.74, 6) is -5.57. The molecule has 0 aliphatic carbocycles. The van der Waals surface area contributed by atoms with Crippen LogP contribution in [0.3, 0.4) is 0 Å². The number of halogens is 1. The maximum absolute atomic E-state index is 16.8. The fourth-order valence-electron chi connectivity index (χ4n) is 7.45. The predicted molar refractivity (Wildman–Crippen MR) is 161 cm³/mol. The van der Waals surface area contributed by atoms with Crippen LogP contribution in [0, 0.1) is 17.8 Å². The number of ether oxygens (including phenoxy) is 6. The Labute approximate surface area is 266 Å². The molecular formula is C32H53FN2O10. The second-order valence-corrected chi connectivity index (χ2v) is 13.8. The fourth-order valence-corrected chi connectivity index (χ4v) is 7.45. The number of hydrogen-bond acceptors (Lipinski definition) is 11. The number of carbonyl (C=O) groups excluding carboxylic acids is 4. The molecule has 13 atom stereocenters. The van der Waals surface area contributed by atoms with Gasteiger partial charge in [0.1, 0.15) is 18.1 Å². The number of nitrogens with zero attached hydrogens (tertiary/aromatic N) is 1. The minimum atomic E-state index is -2.51. The average molecular weight is 645 g/mol. The summed E-state index contributed by atoms with van der Waals surface area (Å²) in [5, 5.41) is 2.63. The molecule has 3 aliphatic heterocycles. The summed E-state index contributed by atoms with van der Waals surface area (Å²) in [6.45, 7) is 12.4. The van der Waals surface area contributed by atoms with Crippen molar-refractivity contribution in [2.75, 3.05) is 28.3 Å². The molecule has 0 bridgehead atoms. The lowest BCUT2D eigenvalue weighted by Gasteiger charge is -2.48. The third-order valence-corrected chi connectivity index (χ3v) is 10.1. The van der Waals surface area contributed by atoms with E-state index in [1.807, 2.05) is 25.9 Å². The van der Waals surface area contributed by atoms with E-state index in [4.69, 9.17) is 28.4 Å². The van der Waals surface area contributed by atoms with Gasteiger partial charge in [0.2, 0.25) is 0 Å². The summed E-state index contributed by atoms with van der Waals surface area (Å²) in [5.41, 5.74) is -5.60. The molecular weight excluding hydrogens is 591 g/mol. The molecule has 0 aromatic rings. The number of Topliss-reactive ketones (excluding diaryl/α,β-unsaturated/α-hetero) is 2. The van der Waals surface area contributed by atoms with E-state index in [0.29, 0.717) is 6.42 Å². The Morgan fingerprint density at radius 1 is 1.02 bits per heavy atom. The van der Waals surface area contributed by atoms with Crippen LogP contribution in [0.1, 0.15) is 74.7 Å². The van der Waals surface area contributed by atoms with Gasteiger partial charge in [-0.1, -0.05) is 20.8 Å². The molecule has 0 radical (unpaired) electrons. The van der Waals surface area contributed by atoms with E-state index < -0.39 is 95.3 Å². The minimum Gasteiger partial charge on any atom is -0.458 e. The summed E-state index contributed by atoms with van der Waals surface area (Å²) >= 11 is 0. The Morgan fingerprint density at radius 2 is 1.64 bits per heavy atom. The lowest BCUT2D eigenvalue weighted by molar-refractivity contribution is -0.300. The first-order valence-corrected chi connectivity index (χ1v) is 15.8. The first kappa shape index (κ1) is 37.3. The topological polar surface area (TPSA) is 139 Å². The molecule has 258 valence electrons. The highest BCUT2D eigenvalue weighted by atomic mass is 19.1. The van der Waals surface area contributed by atoms with Gasteiger partial charge in [-0.25, -0.2) is 9.18 Å². The molecule has 3 heterocycles. The van der Waals surface area contributed by atoms with Crippen LogP contribution in [-0.4, -0.2) is 117 Å². The number of alkyl halides is 1. The highest BCUT2D eigenvalue weighted by molar-refractivity contribution is 6.00. The monoisotopic (exact) mass is 644 g/mol. The SMILES string of the molecule is CC[C@H]1OC(=O)[C@H](C)C(=O)[C@H](C)[C@@H](O[C@@H]2O[C@H](C)C[C@H](N(C)C)[C@H]2OC)[C@](C)(OC)C[C@](C)(F)C(=O)[C@@H](C)[C@H]2NC(=O)O[C@@]21C. The average Bonchev–Trinajstić information content (AvgIpc) is 3.29. The number of esters is 1. The maximum atomic E-state index is 16.8. The van der Waals surface area contributed by atoms with Gasteiger partial charge in [0.05, 0.1) is 23.9 Å². The number of ketones is 2. The molecule has 45 heavy (non-hydrogen) atoms. The molecule has 0 unspecified atom stereocenters. The van der Waals surface area contributed by atoms with Gasteiger partial charge in [-0.05, 0) is 61.6 Å². The summed E-state index contributed by atoms with van der Waals surface area (Å²) in [6.07, 6.45) is -4.49. The van der Waals surface area contributed by atoms with E-state index in [1.165, 1.54) is 28.1 Å². The molecule has 3 aliphatic rings. The molecule has 3 rings (SSSR count). The molecule has 1 N–H and O–H groups in total. The highest BCUT2D eigenvalue weighted by Gasteiger charge is 2.59. The zero-order valence-corrected chi connectivity index (χ0v) is 28.8. The van der Waals surface area contributed by atoms with Gasteiger partial charge in [-0.3, -0.25) is 14.4 Å². The van der Waals surface area contributed by atoms with E-state index in [1.54, 1.807) is 27.7 Å². The van der Waals surface area contributed by atoms with Gasteiger partial charge in [0.15, 0.2) is 29.1 Å². The Bertz CT molecular complexity index is 1120.